The molecule has 0 bridgehead atoms. The molecule has 240 valence electrons. The van der Waals surface area contributed by atoms with Crippen LogP contribution in [0.25, 0.3) is 22.8 Å². The van der Waals surface area contributed by atoms with Crippen molar-refractivity contribution in [2.24, 2.45) is 5.73 Å². The van der Waals surface area contributed by atoms with E-state index < -0.39 is 18.4 Å². The number of fused-ring (bicyclic) bond motifs is 1. The Morgan fingerprint density at radius 3 is 2.26 bits per heavy atom. The molecule has 2 aliphatic rings. The molecule has 3 atom stereocenters. The Hall–Kier alpha value is -4.43. The van der Waals surface area contributed by atoms with Crippen LogP contribution in [0.2, 0.25) is 0 Å². The van der Waals surface area contributed by atoms with Crippen LogP contribution < -0.4 is 16.4 Å². The van der Waals surface area contributed by atoms with Gasteiger partial charge in [-0.25, -0.2) is 9.97 Å². The van der Waals surface area contributed by atoms with Crippen molar-refractivity contribution < 1.29 is 14.9 Å². The molecule has 3 aromatic heterocycles. The summed E-state index contributed by atoms with van der Waals surface area (Å²) in [5.41, 5.74) is 9.44. The largest absolute Gasteiger partial charge is 0.388 e. The number of aryl methyl sites for hydroxylation is 1. The fourth-order valence-electron chi connectivity index (χ4n) is 6.37. The van der Waals surface area contributed by atoms with Crippen molar-refractivity contribution in [1.82, 2.24) is 34.3 Å². The Balaban J connectivity index is 1.34. The SMILES string of the molecule is CCn1cnc(-c2nc3c(NCC(c4ccccc4)c4ccccc4)nc(NC4CCC(N)CC4)nc3n2[C@@H]2OC[C@H](O)[C@H]2O)n1. The number of nitrogens with two attached hydrogens (primary N) is 1. The third kappa shape index (κ3) is 6.06. The van der Waals surface area contributed by atoms with Crippen LogP contribution in [-0.2, 0) is 11.3 Å². The number of rotatable bonds is 10. The lowest BCUT2D eigenvalue weighted by Crippen LogP contribution is -2.33. The van der Waals surface area contributed by atoms with E-state index in [9.17, 15) is 10.2 Å². The number of nitrogens with one attached hydrogen (secondary N) is 2. The third-order valence-electron chi connectivity index (χ3n) is 8.96. The van der Waals surface area contributed by atoms with E-state index in [2.05, 4.69) is 45.0 Å². The van der Waals surface area contributed by atoms with Gasteiger partial charge in [0.25, 0.3) is 0 Å². The van der Waals surface area contributed by atoms with E-state index in [0.717, 1.165) is 25.7 Å². The van der Waals surface area contributed by atoms with Crippen molar-refractivity contribution in [3.8, 4) is 11.6 Å². The topological polar surface area (TPSA) is 174 Å². The number of aromatic nitrogens is 7. The second-order valence-corrected chi connectivity index (χ2v) is 12.1. The number of imidazole rings is 1. The first kappa shape index (κ1) is 30.2. The molecule has 2 fully saturated rings. The Bertz CT molecular complexity index is 1710. The number of aliphatic hydroxyl groups excluding tert-OH is 2. The van der Waals surface area contributed by atoms with Crippen LogP contribution in [0, 0.1) is 0 Å². The van der Waals surface area contributed by atoms with Gasteiger partial charge in [-0.2, -0.15) is 9.97 Å². The average molecular weight is 625 g/mol. The normalized spacial score (nSPS) is 23.3. The summed E-state index contributed by atoms with van der Waals surface area (Å²) in [6.45, 7) is 3.10. The number of anilines is 2. The smallest absolute Gasteiger partial charge is 0.227 e. The first-order chi connectivity index (χ1) is 22.5. The molecule has 6 N–H and O–H groups in total. The molecule has 1 saturated carbocycles. The number of hydrogen-bond acceptors (Lipinski definition) is 11. The second kappa shape index (κ2) is 13.1. The molecule has 13 heteroatoms. The summed E-state index contributed by atoms with van der Waals surface area (Å²) >= 11 is 0. The van der Waals surface area contributed by atoms with Crippen molar-refractivity contribution in [3.63, 3.8) is 0 Å². The summed E-state index contributed by atoms with van der Waals surface area (Å²) in [6, 6.07) is 21.1. The lowest BCUT2D eigenvalue weighted by molar-refractivity contribution is -0.0153. The highest BCUT2D eigenvalue weighted by Crippen LogP contribution is 2.36. The minimum Gasteiger partial charge on any atom is -0.388 e. The van der Waals surface area contributed by atoms with E-state index in [4.69, 9.17) is 25.4 Å². The van der Waals surface area contributed by atoms with Crippen molar-refractivity contribution in [3.05, 3.63) is 78.1 Å². The minimum atomic E-state index is -1.20. The van der Waals surface area contributed by atoms with Gasteiger partial charge in [0.1, 0.15) is 18.5 Å². The zero-order chi connectivity index (χ0) is 31.6. The summed E-state index contributed by atoms with van der Waals surface area (Å²) in [5.74, 6) is 1.70. The predicted molar refractivity (Wildman–Crippen MR) is 174 cm³/mol. The van der Waals surface area contributed by atoms with Gasteiger partial charge in [-0.05, 0) is 43.7 Å². The van der Waals surface area contributed by atoms with E-state index in [1.807, 2.05) is 43.3 Å². The fourth-order valence-corrected chi connectivity index (χ4v) is 6.37. The summed E-state index contributed by atoms with van der Waals surface area (Å²) in [7, 11) is 0. The molecule has 2 aromatic carbocycles. The number of hydrogen-bond donors (Lipinski definition) is 5. The lowest BCUT2D eigenvalue weighted by Gasteiger charge is -2.27. The monoisotopic (exact) mass is 624 g/mol. The average Bonchev–Trinajstić information content (AvgIpc) is 3.80. The van der Waals surface area contributed by atoms with Gasteiger partial charge in [0, 0.05) is 31.1 Å². The van der Waals surface area contributed by atoms with E-state index in [-0.39, 0.29) is 24.6 Å². The molecule has 0 amide bonds. The first-order valence-corrected chi connectivity index (χ1v) is 16.0. The van der Waals surface area contributed by atoms with Crippen LogP contribution in [-0.4, -0.2) is 81.9 Å². The van der Waals surface area contributed by atoms with E-state index in [1.54, 1.807) is 15.6 Å². The number of ether oxygens (including phenoxy) is 1. The zero-order valence-corrected chi connectivity index (χ0v) is 25.8. The maximum absolute atomic E-state index is 11.0. The lowest BCUT2D eigenvalue weighted by atomic mass is 9.91. The maximum Gasteiger partial charge on any atom is 0.227 e. The second-order valence-electron chi connectivity index (χ2n) is 12.1. The Kier molecular flexibility index (Phi) is 8.63. The van der Waals surface area contributed by atoms with Gasteiger partial charge < -0.3 is 31.3 Å². The Morgan fingerprint density at radius 1 is 0.957 bits per heavy atom. The van der Waals surface area contributed by atoms with Gasteiger partial charge in [0.05, 0.1) is 6.61 Å². The highest BCUT2D eigenvalue weighted by molar-refractivity contribution is 5.87. The summed E-state index contributed by atoms with van der Waals surface area (Å²) < 4.78 is 9.32. The predicted octanol–water partition coefficient (Wildman–Crippen LogP) is 3.28. The molecule has 46 heavy (non-hydrogen) atoms. The Morgan fingerprint density at radius 2 is 1.65 bits per heavy atom. The molecule has 7 rings (SSSR count). The molecule has 0 radical (unpaired) electrons. The van der Waals surface area contributed by atoms with Gasteiger partial charge >= 0.3 is 0 Å². The van der Waals surface area contributed by atoms with Crippen LogP contribution in [0.15, 0.2) is 67.0 Å². The highest BCUT2D eigenvalue weighted by atomic mass is 16.5. The van der Waals surface area contributed by atoms with Gasteiger partial charge in [0.2, 0.25) is 11.8 Å². The number of benzene rings is 2. The molecular weight excluding hydrogens is 584 g/mol. The van der Waals surface area contributed by atoms with Crippen molar-refractivity contribution in [2.45, 2.75) is 75.6 Å². The summed E-state index contributed by atoms with van der Waals surface area (Å²) in [4.78, 5) is 19.4. The summed E-state index contributed by atoms with van der Waals surface area (Å²) in [5, 5.41) is 33.2. The highest BCUT2D eigenvalue weighted by Gasteiger charge is 2.40. The van der Waals surface area contributed by atoms with Gasteiger partial charge in [0.15, 0.2) is 29.0 Å². The third-order valence-corrected chi connectivity index (χ3v) is 8.96. The zero-order valence-electron chi connectivity index (χ0n) is 25.8. The number of aliphatic hydroxyl groups is 2. The molecule has 1 saturated heterocycles. The molecule has 1 aliphatic carbocycles. The van der Waals surface area contributed by atoms with Crippen LogP contribution in [0.3, 0.4) is 0 Å². The van der Waals surface area contributed by atoms with Crippen LogP contribution in [0.1, 0.15) is 55.9 Å². The quantitative estimate of drug-likeness (QED) is 0.154. The van der Waals surface area contributed by atoms with E-state index in [1.165, 1.54) is 11.1 Å². The molecule has 4 heterocycles. The molecule has 0 unspecified atom stereocenters. The van der Waals surface area contributed by atoms with Gasteiger partial charge in [-0.1, -0.05) is 60.7 Å². The minimum absolute atomic E-state index is 0.0266. The van der Waals surface area contributed by atoms with Crippen molar-refractivity contribution >= 4 is 22.9 Å². The maximum atomic E-state index is 11.0. The van der Waals surface area contributed by atoms with Crippen molar-refractivity contribution in [2.75, 3.05) is 23.8 Å². The van der Waals surface area contributed by atoms with Crippen LogP contribution in [0.4, 0.5) is 11.8 Å². The number of nitrogens with zero attached hydrogens (tertiary/aromatic N) is 7. The van der Waals surface area contributed by atoms with E-state index in [0.29, 0.717) is 47.7 Å². The Labute approximate surface area is 266 Å². The summed E-state index contributed by atoms with van der Waals surface area (Å²) in [6.07, 6.45) is 2.10. The molecule has 0 spiro atoms. The van der Waals surface area contributed by atoms with Gasteiger partial charge in [-0.3, -0.25) is 9.25 Å². The molecule has 5 aromatic rings. The standard InChI is InChI=1S/C33H40N10O3/c1-2-42-19-36-29(41-42)31-38-26-28(35-17-24(20-9-5-3-6-10-20)21-11-7-4-8-12-21)39-33(37-23-15-13-22(34)14-16-23)40-30(26)43(31)32-27(45)25(44)18-46-32/h3-12,19,22-25,27,32,44-45H,2,13-18,34H2,1H3,(H2,35,37,39,40)/t22?,23?,25-,27+,32+/m0/s1. The van der Waals surface area contributed by atoms with Crippen molar-refractivity contribution in [1.29, 1.82) is 0 Å². The van der Waals surface area contributed by atoms with Crippen LogP contribution in [0.5, 0.6) is 0 Å². The first-order valence-electron chi connectivity index (χ1n) is 16.0. The van der Waals surface area contributed by atoms with Gasteiger partial charge in [-0.15, -0.1) is 5.10 Å². The molecule has 13 nitrogen and oxygen atoms in total. The van der Waals surface area contributed by atoms with Crippen LogP contribution >= 0.6 is 0 Å². The molecule has 1 aliphatic heterocycles. The van der Waals surface area contributed by atoms with E-state index >= 15 is 0 Å². The molecular formula is C33H40N10O3. The fraction of sp³-hybridized carbons (Fsp3) is 0.424.